The lowest BCUT2D eigenvalue weighted by atomic mass is 9.96. The van der Waals surface area contributed by atoms with Crippen LogP contribution in [0.3, 0.4) is 0 Å². The van der Waals surface area contributed by atoms with Gasteiger partial charge in [-0.25, -0.2) is 0 Å². The van der Waals surface area contributed by atoms with E-state index < -0.39 is 0 Å². The van der Waals surface area contributed by atoms with E-state index in [1.54, 1.807) is 0 Å². The number of hydrogen-bond acceptors (Lipinski definition) is 3. The van der Waals surface area contributed by atoms with Crippen molar-refractivity contribution in [3.8, 4) is 0 Å². The van der Waals surface area contributed by atoms with E-state index >= 15 is 0 Å². The number of nitrogens with two attached hydrogens (primary N) is 1. The summed E-state index contributed by atoms with van der Waals surface area (Å²) in [5.74, 6) is 0.431. The fraction of sp³-hybridized carbons (Fsp3) is 0.900. The third-order valence-corrected chi connectivity index (χ3v) is 2.98. The van der Waals surface area contributed by atoms with Gasteiger partial charge in [0.1, 0.15) is 0 Å². The maximum atomic E-state index is 11.6. The number of amides is 1. The summed E-state index contributed by atoms with van der Waals surface area (Å²) in [4.78, 5) is 13.4. The fourth-order valence-corrected chi connectivity index (χ4v) is 1.96. The molecule has 1 amide bonds. The van der Waals surface area contributed by atoms with Crippen molar-refractivity contribution in [3.63, 3.8) is 0 Å². The van der Waals surface area contributed by atoms with Gasteiger partial charge in [-0.05, 0) is 12.8 Å². The molecule has 1 rings (SSSR count). The second kappa shape index (κ2) is 5.32. The second-order valence-corrected chi connectivity index (χ2v) is 3.93. The molecule has 4 heteroatoms. The molecule has 1 aliphatic rings. The highest BCUT2D eigenvalue weighted by Gasteiger charge is 2.28. The van der Waals surface area contributed by atoms with E-state index in [1.807, 2.05) is 11.8 Å². The molecule has 1 fully saturated rings. The number of aliphatic hydroxyl groups excluding tert-OH is 1. The molecule has 0 aromatic rings. The van der Waals surface area contributed by atoms with Crippen LogP contribution in [0.25, 0.3) is 0 Å². The molecule has 1 aliphatic heterocycles. The molecule has 1 heterocycles. The molecule has 1 saturated heterocycles. The van der Waals surface area contributed by atoms with Crippen LogP contribution in [0.5, 0.6) is 0 Å². The topological polar surface area (TPSA) is 66.6 Å². The minimum atomic E-state index is 0.150. The van der Waals surface area contributed by atoms with Crippen LogP contribution in [-0.4, -0.2) is 41.7 Å². The van der Waals surface area contributed by atoms with Crippen molar-refractivity contribution in [3.05, 3.63) is 0 Å². The zero-order chi connectivity index (χ0) is 10.6. The highest BCUT2D eigenvalue weighted by atomic mass is 16.3. The molecule has 0 saturated carbocycles. The molecule has 0 bridgehead atoms. The molecule has 0 aromatic carbocycles. The van der Waals surface area contributed by atoms with E-state index in [0.717, 1.165) is 12.8 Å². The zero-order valence-corrected chi connectivity index (χ0v) is 8.78. The predicted molar refractivity (Wildman–Crippen MR) is 54.7 cm³/mol. The first-order chi connectivity index (χ1) is 6.72. The SMILES string of the molecule is CCC(CN)N1CC(CO)CCC1=O. The van der Waals surface area contributed by atoms with Crippen LogP contribution in [0, 0.1) is 5.92 Å². The number of carbonyl (C=O) groups excluding carboxylic acids is 1. The minimum absolute atomic E-state index is 0.150. The van der Waals surface area contributed by atoms with Crippen molar-refractivity contribution in [2.45, 2.75) is 32.2 Å². The van der Waals surface area contributed by atoms with Gasteiger partial charge in [0, 0.05) is 38.1 Å². The lowest BCUT2D eigenvalue weighted by Gasteiger charge is -2.37. The molecule has 0 aliphatic carbocycles. The van der Waals surface area contributed by atoms with Crippen LogP contribution >= 0.6 is 0 Å². The molecule has 2 unspecified atom stereocenters. The van der Waals surface area contributed by atoms with E-state index in [2.05, 4.69) is 0 Å². The first kappa shape index (κ1) is 11.5. The Morgan fingerprint density at radius 1 is 1.71 bits per heavy atom. The number of nitrogens with zero attached hydrogens (tertiary/aromatic N) is 1. The van der Waals surface area contributed by atoms with Crippen LogP contribution < -0.4 is 5.73 Å². The predicted octanol–water partition coefficient (Wildman–Crippen LogP) is -0.0454. The Morgan fingerprint density at radius 3 is 2.93 bits per heavy atom. The van der Waals surface area contributed by atoms with Crippen molar-refractivity contribution in [2.24, 2.45) is 11.7 Å². The zero-order valence-electron chi connectivity index (χ0n) is 8.78. The maximum Gasteiger partial charge on any atom is 0.222 e. The molecular formula is C10H20N2O2. The monoisotopic (exact) mass is 200 g/mol. The van der Waals surface area contributed by atoms with Gasteiger partial charge in [-0.3, -0.25) is 4.79 Å². The van der Waals surface area contributed by atoms with Gasteiger partial charge in [0.2, 0.25) is 5.91 Å². The number of piperidine rings is 1. The Hall–Kier alpha value is -0.610. The quantitative estimate of drug-likeness (QED) is 0.669. The van der Waals surface area contributed by atoms with Crippen LogP contribution in [0.2, 0.25) is 0 Å². The summed E-state index contributed by atoms with van der Waals surface area (Å²) < 4.78 is 0. The van der Waals surface area contributed by atoms with Crippen molar-refractivity contribution in [2.75, 3.05) is 19.7 Å². The van der Waals surface area contributed by atoms with Crippen LogP contribution in [0.4, 0.5) is 0 Å². The number of carbonyl (C=O) groups is 1. The third kappa shape index (κ3) is 2.45. The number of hydrogen-bond donors (Lipinski definition) is 2. The molecule has 4 nitrogen and oxygen atoms in total. The van der Waals surface area contributed by atoms with Crippen molar-refractivity contribution in [1.82, 2.24) is 4.90 Å². The van der Waals surface area contributed by atoms with Gasteiger partial charge in [-0.1, -0.05) is 6.92 Å². The Kier molecular flexibility index (Phi) is 4.35. The van der Waals surface area contributed by atoms with Gasteiger partial charge < -0.3 is 15.7 Å². The van der Waals surface area contributed by atoms with Crippen LogP contribution in [-0.2, 0) is 4.79 Å². The Bertz CT molecular complexity index is 193. The first-order valence-corrected chi connectivity index (χ1v) is 5.33. The number of likely N-dealkylation sites (tertiary alicyclic amines) is 1. The van der Waals surface area contributed by atoms with Gasteiger partial charge in [-0.2, -0.15) is 0 Å². The molecule has 0 aromatic heterocycles. The second-order valence-electron chi connectivity index (χ2n) is 3.93. The van der Waals surface area contributed by atoms with Gasteiger partial charge in [-0.15, -0.1) is 0 Å². The Balaban J connectivity index is 2.59. The summed E-state index contributed by atoms with van der Waals surface area (Å²) in [5, 5.41) is 9.05. The summed E-state index contributed by atoms with van der Waals surface area (Å²) in [6, 6.07) is 0.150. The van der Waals surface area contributed by atoms with E-state index in [4.69, 9.17) is 10.8 Å². The third-order valence-electron chi connectivity index (χ3n) is 2.98. The first-order valence-electron chi connectivity index (χ1n) is 5.33. The highest BCUT2D eigenvalue weighted by Crippen LogP contribution is 2.19. The molecule has 2 atom stereocenters. The molecule has 3 N–H and O–H groups in total. The fourth-order valence-electron chi connectivity index (χ4n) is 1.96. The standard InChI is InChI=1S/C10H20N2O2/c1-2-9(5-11)12-6-8(7-13)3-4-10(12)14/h8-9,13H,2-7,11H2,1H3. The summed E-state index contributed by atoms with van der Waals surface area (Å²) in [5.41, 5.74) is 5.61. The molecule has 14 heavy (non-hydrogen) atoms. The largest absolute Gasteiger partial charge is 0.396 e. The van der Waals surface area contributed by atoms with Gasteiger partial charge in [0.15, 0.2) is 0 Å². The number of aliphatic hydroxyl groups is 1. The smallest absolute Gasteiger partial charge is 0.222 e. The highest BCUT2D eigenvalue weighted by molar-refractivity contribution is 5.77. The minimum Gasteiger partial charge on any atom is -0.396 e. The number of rotatable bonds is 4. The summed E-state index contributed by atoms with van der Waals surface area (Å²) in [6.45, 7) is 3.39. The Morgan fingerprint density at radius 2 is 2.43 bits per heavy atom. The molecule has 82 valence electrons. The molecule has 0 radical (unpaired) electrons. The van der Waals surface area contributed by atoms with Gasteiger partial charge >= 0.3 is 0 Å². The summed E-state index contributed by atoms with van der Waals surface area (Å²) in [7, 11) is 0. The average molecular weight is 200 g/mol. The van der Waals surface area contributed by atoms with Crippen LogP contribution in [0.15, 0.2) is 0 Å². The average Bonchev–Trinajstić information content (AvgIpc) is 2.22. The lowest BCUT2D eigenvalue weighted by Crippen LogP contribution is -2.49. The van der Waals surface area contributed by atoms with E-state index in [9.17, 15) is 4.79 Å². The van der Waals surface area contributed by atoms with Gasteiger partial charge in [0.25, 0.3) is 0 Å². The maximum absolute atomic E-state index is 11.6. The van der Waals surface area contributed by atoms with E-state index in [0.29, 0.717) is 19.5 Å². The molecule has 0 spiro atoms. The van der Waals surface area contributed by atoms with Crippen molar-refractivity contribution < 1.29 is 9.90 Å². The lowest BCUT2D eigenvalue weighted by molar-refractivity contribution is -0.137. The summed E-state index contributed by atoms with van der Waals surface area (Å²) in [6.07, 6.45) is 2.26. The van der Waals surface area contributed by atoms with Gasteiger partial charge in [0.05, 0.1) is 0 Å². The van der Waals surface area contributed by atoms with Crippen molar-refractivity contribution in [1.29, 1.82) is 0 Å². The van der Waals surface area contributed by atoms with E-state index in [-0.39, 0.29) is 24.5 Å². The Labute approximate surface area is 85.1 Å². The van der Waals surface area contributed by atoms with Crippen LogP contribution in [0.1, 0.15) is 26.2 Å². The van der Waals surface area contributed by atoms with E-state index in [1.165, 1.54) is 0 Å². The molecular weight excluding hydrogens is 180 g/mol. The normalized spacial score (nSPS) is 25.2. The summed E-state index contributed by atoms with van der Waals surface area (Å²) >= 11 is 0. The van der Waals surface area contributed by atoms with Crippen molar-refractivity contribution >= 4 is 5.91 Å².